The second-order valence-corrected chi connectivity index (χ2v) is 10.8. The Balaban J connectivity index is 1.42. The number of hydrogen-bond donors (Lipinski definition) is 0. The van der Waals surface area contributed by atoms with E-state index in [1.807, 2.05) is 17.5 Å². The summed E-state index contributed by atoms with van der Waals surface area (Å²) in [6.45, 7) is 7.85. The van der Waals surface area contributed by atoms with Gasteiger partial charge in [-0.2, -0.15) is 0 Å². The number of piperidine rings is 1. The van der Waals surface area contributed by atoms with Crippen LogP contribution in [0.4, 0.5) is 0 Å². The summed E-state index contributed by atoms with van der Waals surface area (Å²) in [4.78, 5) is 5.51. The fourth-order valence-corrected chi connectivity index (χ4v) is 6.08. The molecule has 2 aromatic heterocycles. The zero-order chi connectivity index (χ0) is 19.7. The Bertz CT molecular complexity index is 806. The third kappa shape index (κ3) is 4.16. The van der Waals surface area contributed by atoms with Gasteiger partial charge >= 0.3 is 0 Å². The Morgan fingerprint density at radius 2 is 2.32 bits per heavy atom. The van der Waals surface area contributed by atoms with Gasteiger partial charge in [0.15, 0.2) is 0 Å². The molecule has 0 amide bonds. The number of thiophene rings is 1. The van der Waals surface area contributed by atoms with Gasteiger partial charge in [0, 0.05) is 41.5 Å². The minimum Gasteiger partial charge on any atom is -0.617 e. The maximum Gasteiger partial charge on any atom is 0.124 e. The van der Waals surface area contributed by atoms with E-state index in [1.165, 1.54) is 10.4 Å². The number of aromatic nitrogens is 3. The highest BCUT2D eigenvalue weighted by Gasteiger charge is 2.44. The monoisotopic (exact) mass is 422 g/mol. The van der Waals surface area contributed by atoms with Crippen molar-refractivity contribution in [3.63, 3.8) is 0 Å². The Morgan fingerprint density at radius 3 is 3.07 bits per heavy atom. The Labute approximate surface area is 174 Å². The van der Waals surface area contributed by atoms with E-state index in [9.17, 15) is 4.55 Å². The van der Waals surface area contributed by atoms with Crippen LogP contribution in [0.1, 0.15) is 47.7 Å². The number of ether oxygens (including phenoxy) is 1. The number of nitrogens with zero attached hydrogens (tertiary/aromatic N) is 4. The van der Waals surface area contributed by atoms with Crippen LogP contribution in [0.2, 0.25) is 0 Å². The summed E-state index contributed by atoms with van der Waals surface area (Å²) in [5.41, 5.74) is 2.35. The fourth-order valence-electron chi connectivity index (χ4n) is 4.46. The summed E-state index contributed by atoms with van der Waals surface area (Å²) in [7, 11) is 0. The molecule has 0 saturated carbocycles. The zero-order valence-corrected chi connectivity index (χ0v) is 18.7. The quantitative estimate of drug-likeness (QED) is 0.670. The molecule has 0 bridgehead atoms. The van der Waals surface area contributed by atoms with Crippen molar-refractivity contribution in [3.05, 3.63) is 33.3 Å². The normalized spacial score (nSPS) is 26.5. The molecule has 1 fully saturated rings. The van der Waals surface area contributed by atoms with Crippen molar-refractivity contribution in [2.75, 3.05) is 25.2 Å². The van der Waals surface area contributed by atoms with Crippen molar-refractivity contribution in [1.82, 2.24) is 19.9 Å². The third-order valence-corrected chi connectivity index (χ3v) is 8.11. The van der Waals surface area contributed by atoms with Crippen LogP contribution in [0.3, 0.4) is 0 Å². The van der Waals surface area contributed by atoms with E-state index in [0.29, 0.717) is 18.3 Å². The molecule has 4 heterocycles. The van der Waals surface area contributed by atoms with Crippen LogP contribution in [-0.4, -0.2) is 55.6 Å². The molecule has 2 aliphatic rings. The van der Waals surface area contributed by atoms with Gasteiger partial charge in [-0.05, 0) is 37.8 Å². The molecule has 6 nitrogen and oxygen atoms in total. The first-order chi connectivity index (χ1) is 13.5. The van der Waals surface area contributed by atoms with E-state index in [0.717, 1.165) is 51.1 Å². The molecule has 4 rings (SSSR count). The molecule has 1 spiro atoms. The lowest BCUT2D eigenvalue weighted by atomic mass is 9.79. The van der Waals surface area contributed by atoms with Crippen molar-refractivity contribution < 1.29 is 9.29 Å². The molecule has 2 aliphatic heterocycles. The molecule has 3 atom stereocenters. The second kappa shape index (κ2) is 8.44. The smallest absolute Gasteiger partial charge is 0.124 e. The first-order valence-corrected chi connectivity index (χ1v) is 12.7. The van der Waals surface area contributed by atoms with Gasteiger partial charge in [0.05, 0.1) is 30.7 Å². The molecule has 0 aromatic carbocycles. The highest BCUT2D eigenvalue weighted by molar-refractivity contribution is 7.90. The summed E-state index contributed by atoms with van der Waals surface area (Å²) in [6.07, 6.45) is 7.95. The molecule has 1 saturated heterocycles. The molecule has 8 heteroatoms. The Hall–Kier alpha value is -0.930. The average molecular weight is 423 g/mol. The first kappa shape index (κ1) is 20.3. The van der Waals surface area contributed by atoms with Crippen LogP contribution >= 0.6 is 11.3 Å². The minimum atomic E-state index is -0.805. The molecule has 28 heavy (non-hydrogen) atoms. The maximum absolute atomic E-state index is 11.3. The van der Waals surface area contributed by atoms with Crippen molar-refractivity contribution in [1.29, 1.82) is 0 Å². The Morgan fingerprint density at radius 1 is 1.46 bits per heavy atom. The highest BCUT2D eigenvalue weighted by Crippen LogP contribution is 2.46. The van der Waals surface area contributed by atoms with E-state index in [-0.39, 0.29) is 5.60 Å². The summed E-state index contributed by atoms with van der Waals surface area (Å²) in [6, 6.07) is 2.84. The van der Waals surface area contributed by atoms with Crippen LogP contribution in [0.25, 0.3) is 0 Å². The van der Waals surface area contributed by atoms with Crippen LogP contribution in [0, 0.1) is 0 Å². The van der Waals surface area contributed by atoms with E-state index in [2.05, 4.69) is 35.1 Å². The lowest BCUT2D eigenvalue weighted by molar-refractivity contribution is -0.112. The van der Waals surface area contributed by atoms with Gasteiger partial charge in [0.2, 0.25) is 0 Å². The van der Waals surface area contributed by atoms with Gasteiger partial charge < -0.3 is 9.29 Å². The van der Waals surface area contributed by atoms with Gasteiger partial charge in [-0.25, -0.2) is 4.68 Å². The van der Waals surface area contributed by atoms with E-state index >= 15 is 0 Å². The number of aryl methyl sites for hydroxylation is 2. The van der Waals surface area contributed by atoms with Crippen molar-refractivity contribution in [2.45, 2.75) is 64.3 Å². The molecular formula is C20H30N4O2S2. The fraction of sp³-hybridized carbons (Fsp3) is 0.700. The molecule has 2 unspecified atom stereocenters. The van der Waals surface area contributed by atoms with E-state index < -0.39 is 11.2 Å². The van der Waals surface area contributed by atoms with Gasteiger partial charge in [-0.1, -0.05) is 23.3 Å². The third-order valence-electron chi connectivity index (χ3n) is 6.02. The van der Waals surface area contributed by atoms with Crippen molar-refractivity contribution in [3.8, 4) is 0 Å². The lowest BCUT2D eigenvalue weighted by Crippen LogP contribution is -2.50. The predicted octanol–water partition coefficient (Wildman–Crippen LogP) is 2.73. The van der Waals surface area contributed by atoms with Crippen LogP contribution < -0.4 is 0 Å². The standard InChI is InChI=1S/C20H30N4O2S2/c1-4-17-11-18-19(27-17)5-9-26-20(18)6-7-23(15(2)12-20)13-16-14-24(22-21-16)8-10-28(3)25/h11,14-15H,4-10,12-13H2,1-3H3/t15-,20?,28?/m0/s1. The molecule has 154 valence electrons. The number of hydrogen-bond acceptors (Lipinski definition) is 6. The van der Waals surface area contributed by atoms with Crippen LogP contribution in [0.5, 0.6) is 0 Å². The first-order valence-electron chi connectivity index (χ1n) is 10.2. The molecule has 0 aliphatic carbocycles. The van der Waals surface area contributed by atoms with Gasteiger partial charge in [-0.15, -0.1) is 16.4 Å². The van der Waals surface area contributed by atoms with Gasteiger partial charge in [-0.3, -0.25) is 4.90 Å². The maximum atomic E-state index is 11.3. The highest BCUT2D eigenvalue weighted by atomic mass is 32.2. The zero-order valence-electron chi connectivity index (χ0n) is 17.0. The van der Waals surface area contributed by atoms with E-state index in [4.69, 9.17) is 4.74 Å². The average Bonchev–Trinajstić information content (AvgIpc) is 3.30. The topological polar surface area (TPSA) is 66.2 Å². The summed E-state index contributed by atoms with van der Waals surface area (Å²) in [5, 5.41) is 8.51. The molecular weight excluding hydrogens is 392 g/mol. The minimum absolute atomic E-state index is 0.101. The second-order valence-electron chi connectivity index (χ2n) is 8.02. The van der Waals surface area contributed by atoms with Crippen molar-refractivity contribution >= 4 is 22.5 Å². The van der Waals surface area contributed by atoms with Gasteiger partial charge in [0.25, 0.3) is 0 Å². The summed E-state index contributed by atoms with van der Waals surface area (Å²) >= 11 is 1.18. The molecule has 0 N–H and O–H groups in total. The van der Waals surface area contributed by atoms with Crippen LogP contribution in [0.15, 0.2) is 12.3 Å². The number of rotatable bonds is 6. The number of likely N-dealkylation sites (tertiary alicyclic amines) is 1. The summed E-state index contributed by atoms with van der Waals surface area (Å²) in [5.74, 6) is 0.617. The largest absolute Gasteiger partial charge is 0.617 e. The number of fused-ring (bicyclic) bond motifs is 2. The van der Waals surface area contributed by atoms with E-state index in [1.54, 1.807) is 15.8 Å². The molecule has 2 aromatic rings. The Kier molecular flexibility index (Phi) is 6.13. The van der Waals surface area contributed by atoms with Crippen LogP contribution in [-0.2, 0) is 47.4 Å². The van der Waals surface area contributed by atoms with Crippen molar-refractivity contribution in [2.24, 2.45) is 0 Å². The van der Waals surface area contributed by atoms with Gasteiger partial charge in [0.1, 0.15) is 5.75 Å². The lowest BCUT2D eigenvalue weighted by Gasteiger charge is -2.47. The predicted molar refractivity (Wildman–Crippen MR) is 113 cm³/mol. The summed E-state index contributed by atoms with van der Waals surface area (Å²) < 4.78 is 19.5. The molecule has 0 radical (unpaired) electrons. The SMILES string of the molecule is CCc1cc2c(s1)CCOC21CCN(Cc2cn(CC[S+](C)[O-])nn2)[C@@H](C)C1.